The molecule has 1 amide bonds. The summed E-state index contributed by atoms with van der Waals surface area (Å²) in [5.41, 5.74) is 0.338. The zero-order valence-corrected chi connectivity index (χ0v) is 17.9. The molecule has 5 rings (SSSR count). The molecule has 1 spiro atoms. The van der Waals surface area contributed by atoms with E-state index in [2.05, 4.69) is 25.7 Å². The van der Waals surface area contributed by atoms with Crippen LogP contribution in [0.25, 0.3) is 5.78 Å². The minimum atomic E-state index is -0.788. The van der Waals surface area contributed by atoms with Gasteiger partial charge in [0.2, 0.25) is 5.91 Å². The van der Waals surface area contributed by atoms with Crippen molar-refractivity contribution >= 4 is 11.7 Å². The van der Waals surface area contributed by atoms with Crippen LogP contribution in [0.2, 0.25) is 0 Å². The number of fused-ring (bicyclic) bond motifs is 2. The van der Waals surface area contributed by atoms with Crippen molar-refractivity contribution in [3.63, 3.8) is 0 Å². The lowest BCUT2D eigenvalue weighted by atomic mass is 9.75. The van der Waals surface area contributed by atoms with E-state index < -0.39 is 11.6 Å². The first-order valence-corrected chi connectivity index (χ1v) is 11.2. The van der Waals surface area contributed by atoms with Crippen LogP contribution in [0, 0.1) is 0 Å². The van der Waals surface area contributed by atoms with Gasteiger partial charge in [-0.25, -0.2) is 4.98 Å². The summed E-state index contributed by atoms with van der Waals surface area (Å²) < 4.78 is 7.34. The van der Waals surface area contributed by atoms with Gasteiger partial charge in [-0.1, -0.05) is 0 Å². The fourth-order valence-corrected chi connectivity index (χ4v) is 5.29. The second-order valence-electron chi connectivity index (χ2n) is 9.43. The van der Waals surface area contributed by atoms with Gasteiger partial charge in [0.1, 0.15) is 11.9 Å². The number of rotatable bonds is 3. The smallest absolute Gasteiger partial charge is 0.277 e. The predicted octanol–water partition coefficient (Wildman–Crippen LogP) is -0.383. The predicted molar refractivity (Wildman–Crippen MR) is 112 cm³/mol. The first-order chi connectivity index (χ1) is 14.9. The summed E-state index contributed by atoms with van der Waals surface area (Å²) >= 11 is 0. The summed E-state index contributed by atoms with van der Waals surface area (Å²) in [6.07, 6.45) is 4.99. The second kappa shape index (κ2) is 7.68. The Morgan fingerprint density at radius 3 is 2.87 bits per heavy atom. The number of carbonyl (C=O) groups is 1. The highest BCUT2D eigenvalue weighted by molar-refractivity contribution is 5.78. The Labute approximate surface area is 179 Å². The third-order valence-corrected chi connectivity index (χ3v) is 7.05. The van der Waals surface area contributed by atoms with E-state index in [1.54, 1.807) is 0 Å². The highest BCUT2D eigenvalue weighted by atomic mass is 16.5. The molecule has 31 heavy (non-hydrogen) atoms. The number of piperidine rings is 1. The molecule has 4 heterocycles. The maximum absolute atomic E-state index is 12.9. The fraction of sp³-hybridized carbons (Fsp3) is 0.714. The molecule has 0 unspecified atom stereocenters. The van der Waals surface area contributed by atoms with E-state index >= 15 is 0 Å². The Kier molecular flexibility index (Phi) is 5.10. The van der Waals surface area contributed by atoms with Crippen molar-refractivity contribution in [1.29, 1.82) is 0 Å². The number of amides is 1. The van der Waals surface area contributed by atoms with E-state index in [9.17, 15) is 14.7 Å². The molecule has 10 nitrogen and oxygen atoms in total. The van der Waals surface area contributed by atoms with Crippen molar-refractivity contribution in [2.75, 3.05) is 19.7 Å². The number of ether oxygens (including phenoxy) is 1. The van der Waals surface area contributed by atoms with Crippen molar-refractivity contribution in [3.8, 4) is 0 Å². The van der Waals surface area contributed by atoms with Crippen molar-refractivity contribution in [2.45, 2.75) is 75.5 Å². The van der Waals surface area contributed by atoms with Gasteiger partial charge in [-0.3, -0.25) is 14.7 Å². The SMILES string of the molecule is C[C@]1(NC(=O)Cc2nc3nc4c(c(=O)n3[nH]2)CCCC4)CC2(CCNCC2)OC[C@@H]1O. The zero-order valence-electron chi connectivity index (χ0n) is 17.9. The first-order valence-electron chi connectivity index (χ1n) is 11.2. The normalized spacial score (nSPS) is 27.9. The number of hydrogen-bond donors (Lipinski definition) is 4. The monoisotopic (exact) mass is 430 g/mol. The number of aromatic amines is 1. The van der Waals surface area contributed by atoms with E-state index in [4.69, 9.17) is 4.74 Å². The third kappa shape index (κ3) is 3.77. The van der Waals surface area contributed by atoms with Gasteiger partial charge in [0.15, 0.2) is 0 Å². The molecule has 2 fully saturated rings. The number of aromatic nitrogens is 4. The van der Waals surface area contributed by atoms with Crippen LogP contribution in [-0.2, 0) is 28.8 Å². The molecular formula is C21H30N6O4. The van der Waals surface area contributed by atoms with Crippen LogP contribution in [0.5, 0.6) is 0 Å². The number of carbonyl (C=O) groups excluding carboxylic acids is 1. The Balaban J connectivity index is 1.33. The molecule has 0 radical (unpaired) electrons. The number of H-pyrrole nitrogens is 1. The lowest BCUT2D eigenvalue weighted by Gasteiger charge is -2.50. The molecule has 3 aliphatic rings. The number of nitrogens with one attached hydrogen (secondary N) is 3. The molecule has 2 aromatic rings. The standard InChI is InChI=1S/C21H30N6O4/c1-20(12-21(31-11-15(20)28)6-8-22-9-7-21)25-17(29)10-16-24-19-23-14-5-3-2-4-13(14)18(30)27(19)26-16/h15,22,28H,2-12H2,1H3,(H,25,29)(H,23,24,26)/t15-,20-/m0/s1. The number of aliphatic hydroxyl groups is 1. The van der Waals surface area contributed by atoms with E-state index in [1.165, 1.54) is 4.52 Å². The highest BCUT2D eigenvalue weighted by Gasteiger charge is 2.49. The summed E-state index contributed by atoms with van der Waals surface area (Å²) in [4.78, 5) is 34.5. The number of aryl methyl sites for hydroxylation is 1. The second-order valence-corrected chi connectivity index (χ2v) is 9.43. The van der Waals surface area contributed by atoms with E-state index in [1.807, 2.05) is 6.92 Å². The summed E-state index contributed by atoms with van der Waals surface area (Å²) in [6, 6.07) is 0. The van der Waals surface area contributed by atoms with Crippen LogP contribution in [0.4, 0.5) is 0 Å². The Morgan fingerprint density at radius 2 is 2.06 bits per heavy atom. The molecule has 10 heteroatoms. The first kappa shape index (κ1) is 20.6. The highest BCUT2D eigenvalue weighted by Crippen LogP contribution is 2.38. The van der Waals surface area contributed by atoms with Crippen LogP contribution < -0.4 is 16.2 Å². The average Bonchev–Trinajstić information content (AvgIpc) is 3.14. The minimum Gasteiger partial charge on any atom is -0.388 e. The van der Waals surface area contributed by atoms with E-state index in [0.717, 1.165) is 62.9 Å². The van der Waals surface area contributed by atoms with E-state index in [0.29, 0.717) is 18.0 Å². The molecule has 0 aromatic carbocycles. The van der Waals surface area contributed by atoms with Crippen molar-refractivity contribution < 1.29 is 14.6 Å². The van der Waals surface area contributed by atoms with E-state index in [-0.39, 0.29) is 30.1 Å². The lowest BCUT2D eigenvalue weighted by molar-refractivity contribution is -0.174. The Morgan fingerprint density at radius 1 is 1.29 bits per heavy atom. The fourth-order valence-electron chi connectivity index (χ4n) is 5.29. The molecule has 2 aliphatic heterocycles. The topological polar surface area (TPSA) is 134 Å². The molecule has 2 saturated heterocycles. The van der Waals surface area contributed by atoms with Crippen LogP contribution in [-0.4, -0.2) is 67.5 Å². The van der Waals surface area contributed by atoms with Gasteiger partial charge in [-0.15, -0.1) is 0 Å². The largest absolute Gasteiger partial charge is 0.388 e. The van der Waals surface area contributed by atoms with Gasteiger partial charge in [0.05, 0.1) is 29.9 Å². The summed E-state index contributed by atoms with van der Waals surface area (Å²) in [5, 5.41) is 19.9. The molecule has 168 valence electrons. The quantitative estimate of drug-likeness (QED) is 0.521. The van der Waals surface area contributed by atoms with Gasteiger partial charge < -0.3 is 20.5 Å². The number of hydrogen-bond acceptors (Lipinski definition) is 7. The minimum absolute atomic E-state index is 0.0226. The Hall–Kier alpha value is -2.30. The third-order valence-electron chi connectivity index (χ3n) is 7.05. The molecule has 2 aromatic heterocycles. The summed E-state index contributed by atoms with van der Waals surface area (Å²) in [5.74, 6) is 0.426. The zero-order chi connectivity index (χ0) is 21.6. The molecular weight excluding hydrogens is 400 g/mol. The summed E-state index contributed by atoms with van der Waals surface area (Å²) in [7, 11) is 0. The maximum Gasteiger partial charge on any atom is 0.277 e. The van der Waals surface area contributed by atoms with Gasteiger partial charge in [0.25, 0.3) is 11.3 Å². The number of nitrogens with zero attached hydrogens (tertiary/aromatic N) is 3. The van der Waals surface area contributed by atoms with Crippen LogP contribution in [0.15, 0.2) is 4.79 Å². The van der Waals surface area contributed by atoms with Gasteiger partial charge >= 0.3 is 0 Å². The lowest BCUT2D eigenvalue weighted by Crippen LogP contribution is -2.65. The summed E-state index contributed by atoms with van der Waals surface area (Å²) in [6.45, 7) is 3.81. The molecule has 0 saturated carbocycles. The van der Waals surface area contributed by atoms with Crippen molar-refractivity contribution in [3.05, 3.63) is 27.4 Å². The van der Waals surface area contributed by atoms with Crippen LogP contribution in [0.1, 0.15) is 56.1 Å². The molecule has 4 N–H and O–H groups in total. The van der Waals surface area contributed by atoms with Gasteiger partial charge in [-0.2, -0.15) is 9.50 Å². The Bertz CT molecular complexity index is 1060. The van der Waals surface area contributed by atoms with Crippen LogP contribution >= 0.6 is 0 Å². The van der Waals surface area contributed by atoms with Crippen molar-refractivity contribution in [1.82, 2.24) is 30.2 Å². The van der Waals surface area contributed by atoms with Gasteiger partial charge in [0, 0.05) is 12.0 Å². The molecule has 1 aliphatic carbocycles. The van der Waals surface area contributed by atoms with Crippen LogP contribution in [0.3, 0.4) is 0 Å². The molecule has 2 atom stereocenters. The van der Waals surface area contributed by atoms with Gasteiger partial charge in [-0.05, 0) is 58.5 Å². The molecule has 0 bridgehead atoms. The average molecular weight is 431 g/mol. The maximum atomic E-state index is 12.9. The number of aliphatic hydroxyl groups excluding tert-OH is 1. The van der Waals surface area contributed by atoms with Crippen molar-refractivity contribution in [2.24, 2.45) is 0 Å².